The molecule has 55 heavy (non-hydrogen) atoms. The number of hydrogen-bond acceptors (Lipinski definition) is 5. The molecule has 0 N–H and O–H groups in total. The van der Waals surface area contributed by atoms with E-state index in [0.29, 0.717) is 23.0 Å². The number of rotatable bonds is 6. The second-order valence-electron chi connectivity index (χ2n) is 13.5. The predicted octanol–water partition coefficient (Wildman–Crippen LogP) is 12.8. The van der Waals surface area contributed by atoms with Crippen LogP contribution in [0.4, 0.5) is 0 Å². The summed E-state index contributed by atoms with van der Waals surface area (Å²) in [5.74, 6) is 1.65. The molecule has 0 aliphatic carbocycles. The average molecular weight is 703 g/mol. The van der Waals surface area contributed by atoms with E-state index in [9.17, 15) is 5.26 Å². The third-order valence-corrected chi connectivity index (χ3v) is 10.2. The van der Waals surface area contributed by atoms with Crippen LogP contribution in [0.3, 0.4) is 0 Å². The Labute approximate surface area is 317 Å². The molecule has 10 rings (SSSR count). The van der Waals surface area contributed by atoms with E-state index in [1.807, 2.05) is 91.0 Å². The molecule has 0 saturated carbocycles. The van der Waals surface area contributed by atoms with Crippen molar-refractivity contribution in [3.05, 3.63) is 188 Å². The van der Waals surface area contributed by atoms with E-state index >= 15 is 0 Å². The number of nitriles is 1. The minimum Gasteiger partial charge on any atom is -0.456 e. The maximum absolute atomic E-state index is 9.84. The summed E-state index contributed by atoms with van der Waals surface area (Å²) in [4.78, 5) is 15.3. The van der Waals surface area contributed by atoms with Crippen molar-refractivity contribution < 1.29 is 4.42 Å². The highest BCUT2D eigenvalue weighted by atomic mass is 16.3. The molecule has 0 unspecified atom stereocenters. The average Bonchev–Trinajstić information content (AvgIpc) is 3.65. The molecule has 0 atom stereocenters. The first-order valence-electron chi connectivity index (χ1n) is 18.2. The number of aromatic nitrogens is 3. The Bertz CT molecular complexity index is 3120. The van der Waals surface area contributed by atoms with E-state index in [1.165, 1.54) is 5.56 Å². The van der Waals surface area contributed by atoms with Crippen molar-refractivity contribution in [2.24, 2.45) is 0 Å². The standard InChI is InChI=1S/C50H30N4O/c51-31-39-15-5-6-21-40(39)35-18-9-20-37(29-35)48-52-49(54-50(53-48)43-24-10-16-33-14-4-7-22-41(33)43)38-26-27-44-46(30-38)55-45-25-11-23-42(47(44)45)36-19-8-17-34(28-36)32-12-2-1-3-13-32/h1-30H. The van der Waals surface area contributed by atoms with E-state index in [1.54, 1.807) is 0 Å². The van der Waals surface area contributed by atoms with Crippen molar-refractivity contribution in [1.82, 2.24) is 15.0 Å². The molecule has 0 aliphatic heterocycles. The summed E-state index contributed by atoms with van der Waals surface area (Å²) < 4.78 is 6.57. The van der Waals surface area contributed by atoms with Crippen LogP contribution in [0.5, 0.6) is 0 Å². The van der Waals surface area contributed by atoms with Crippen LogP contribution in [0.1, 0.15) is 5.56 Å². The molecule has 0 aliphatic rings. The van der Waals surface area contributed by atoms with E-state index in [4.69, 9.17) is 19.4 Å². The Morgan fingerprint density at radius 2 is 0.964 bits per heavy atom. The Kier molecular flexibility index (Phi) is 7.79. The zero-order chi connectivity index (χ0) is 36.7. The van der Waals surface area contributed by atoms with Crippen LogP contribution in [0.15, 0.2) is 186 Å². The molecular weight excluding hydrogens is 673 g/mol. The maximum atomic E-state index is 9.84. The fraction of sp³-hybridized carbons (Fsp3) is 0. The molecule has 0 bridgehead atoms. The zero-order valence-corrected chi connectivity index (χ0v) is 29.5. The molecule has 10 aromatic rings. The largest absolute Gasteiger partial charge is 0.456 e. The van der Waals surface area contributed by atoms with Crippen LogP contribution in [0, 0.1) is 11.3 Å². The fourth-order valence-corrected chi connectivity index (χ4v) is 7.54. The van der Waals surface area contributed by atoms with Gasteiger partial charge in [0.2, 0.25) is 0 Å². The van der Waals surface area contributed by atoms with Gasteiger partial charge in [-0.05, 0) is 80.6 Å². The quantitative estimate of drug-likeness (QED) is 0.172. The summed E-state index contributed by atoms with van der Waals surface area (Å²) in [6, 6.07) is 64.0. The second kappa shape index (κ2) is 13.4. The van der Waals surface area contributed by atoms with E-state index < -0.39 is 0 Å². The minimum atomic E-state index is 0.536. The molecule has 5 nitrogen and oxygen atoms in total. The highest BCUT2D eigenvalue weighted by molar-refractivity contribution is 6.13. The number of fused-ring (bicyclic) bond motifs is 4. The summed E-state index contributed by atoms with van der Waals surface area (Å²) in [5.41, 5.74) is 11.1. The van der Waals surface area contributed by atoms with Gasteiger partial charge in [-0.1, -0.05) is 146 Å². The lowest BCUT2D eigenvalue weighted by atomic mass is 9.96. The Balaban J connectivity index is 1.13. The number of nitrogens with zero attached hydrogens (tertiary/aromatic N) is 4. The number of hydrogen-bond donors (Lipinski definition) is 0. The fourth-order valence-electron chi connectivity index (χ4n) is 7.54. The lowest BCUT2D eigenvalue weighted by Gasteiger charge is -2.11. The zero-order valence-electron chi connectivity index (χ0n) is 29.5. The molecule has 0 amide bonds. The first-order valence-corrected chi connectivity index (χ1v) is 18.2. The molecule has 8 aromatic carbocycles. The molecule has 256 valence electrons. The third-order valence-electron chi connectivity index (χ3n) is 10.2. The van der Waals surface area contributed by atoms with E-state index in [0.717, 1.165) is 77.2 Å². The van der Waals surface area contributed by atoms with Crippen molar-refractivity contribution in [2.75, 3.05) is 0 Å². The summed E-state index contributed by atoms with van der Waals surface area (Å²) in [6.45, 7) is 0. The molecule has 2 aromatic heterocycles. The van der Waals surface area contributed by atoms with Gasteiger partial charge in [0.15, 0.2) is 17.5 Å². The van der Waals surface area contributed by atoms with Gasteiger partial charge in [0.05, 0.1) is 11.6 Å². The Hall–Kier alpha value is -7.68. The van der Waals surface area contributed by atoms with E-state index in [2.05, 4.69) is 97.1 Å². The molecule has 2 heterocycles. The minimum absolute atomic E-state index is 0.536. The maximum Gasteiger partial charge on any atom is 0.164 e. The smallest absolute Gasteiger partial charge is 0.164 e. The van der Waals surface area contributed by atoms with Crippen molar-refractivity contribution in [3.8, 4) is 73.6 Å². The number of benzene rings is 8. The molecular formula is C50H30N4O. The van der Waals surface area contributed by atoms with Crippen molar-refractivity contribution in [3.63, 3.8) is 0 Å². The number of furan rings is 1. The molecule has 5 heteroatoms. The van der Waals surface area contributed by atoms with E-state index in [-0.39, 0.29) is 0 Å². The summed E-state index contributed by atoms with van der Waals surface area (Å²) in [5, 5.41) is 14.1. The topological polar surface area (TPSA) is 75.6 Å². The Morgan fingerprint density at radius 1 is 0.382 bits per heavy atom. The molecule has 0 spiro atoms. The highest BCUT2D eigenvalue weighted by Gasteiger charge is 2.18. The lowest BCUT2D eigenvalue weighted by molar-refractivity contribution is 0.669. The van der Waals surface area contributed by atoms with Crippen LogP contribution < -0.4 is 0 Å². The van der Waals surface area contributed by atoms with Gasteiger partial charge in [0, 0.05) is 27.5 Å². The molecule has 0 radical (unpaired) electrons. The molecule has 0 saturated heterocycles. The highest BCUT2D eigenvalue weighted by Crippen LogP contribution is 2.39. The summed E-state index contributed by atoms with van der Waals surface area (Å²) >= 11 is 0. The van der Waals surface area contributed by atoms with Gasteiger partial charge in [0.25, 0.3) is 0 Å². The first kappa shape index (κ1) is 32.0. The van der Waals surface area contributed by atoms with Gasteiger partial charge >= 0.3 is 0 Å². The van der Waals surface area contributed by atoms with Gasteiger partial charge in [-0.25, -0.2) is 15.0 Å². The first-order chi connectivity index (χ1) is 27.2. The van der Waals surface area contributed by atoms with Gasteiger partial charge in [-0.3, -0.25) is 0 Å². The lowest BCUT2D eigenvalue weighted by Crippen LogP contribution is -2.00. The van der Waals surface area contributed by atoms with Gasteiger partial charge in [0.1, 0.15) is 11.2 Å². The van der Waals surface area contributed by atoms with Crippen molar-refractivity contribution in [2.45, 2.75) is 0 Å². The van der Waals surface area contributed by atoms with Crippen LogP contribution in [-0.2, 0) is 0 Å². The summed E-state index contributed by atoms with van der Waals surface area (Å²) in [7, 11) is 0. The second-order valence-corrected chi connectivity index (χ2v) is 13.5. The van der Waals surface area contributed by atoms with Gasteiger partial charge < -0.3 is 4.42 Å². The Morgan fingerprint density at radius 3 is 1.82 bits per heavy atom. The predicted molar refractivity (Wildman–Crippen MR) is 222 cm³/mol. The van der Waals surface area contributed by atoms with Gasteiger partial charge in [-0.2, -0.15) is 5.26 Å². The van der Waals surface area contributed by atoms with Gasteiger partial charge in [-0.15, -0.1) is 0 Å². The molecule has 0 fully saturated rings. The van der Waals surface area contributed by atoms with Crippen LogP contribution in [0.25, 0.3) is 100 Å². The third kappa shape index (κ3) is 5.79. The summed E-state index contributed by atoms with van der Waals surface area (Å²) in [6.07, 6.45) is 0. The van der Waals surface area contributed by atoms with Crippen molar-refractivity contribution in [1.29, 1.82) is 5.26 Å². The SMILES string of the molecule is N#Cc1ccccc1-c1cccc(-c2nc(-c3ccc4c(c3)oc3cccc(-c5cccc(-c6ccccc6)c5)c34)nc(-c3cccc4ccccc34)n2)c1. The van der Waals surface area contributed by atoms with Crippen LogP contribution >= 0.6 is 0 Å². The normalized spacial score (nSPS) is 11.3. The monoisotopic (exact) mass is 702 g/mol. The van der Waals surface area contributed by atoms with Crippen LogP contribution in [0.2, 0.25) is 0 Å². The van der Waals surface area contributed by atoms with Crippen LogP contribution in [-0.4, -0.2) is 15.0 Å². The van der Waals surface area contributed by atoms with Crippen molar-refractivity contribution >= 4 is 32.7 Å².